The fourth-order valence-corrected chi connectivity index (χ4v) is 1.64. The Balaban J connectivity index is 2.21. The highest BCUT2D eigenvalue weighted by Gasteiger charge is 2.19. The maximum atomic E-state index is 4.28. The Morgan fingerprint density at radius 2 is 2.55 bits per heavy atom. The third kappa shape index (κ3) is 1.16. The summed E-state index contributed by atoms with van der Waals surface area (Å²) in [5.41, 5.74) is 2.40. The van der Waals surface area contributed by atoms with Gasteiger partial charge in [-0.3, -0.25) is 0 Å². The van der Waals surface area contributed by atoms with E-state index in [0.29, 0.717) is 6.04 Å². The zero-order valence-electron chi connectivity index (χ0n) is 6.72. The van der Waals surface area contributed by atoms with Gasteiger partial charge in [-0.1, -0.05) is 0 Å². The van der Waals surface area contributed by atoms with Crippen molar-refractivity contribution in [1.29, 1.82) is 0 Å². The first kappa shape index (κ1) is 6.85. The number of nitrogens with zero attached hydrogens (tertiary/aromatic N) is 1. The lowest BCUT2D eigenvalue weighted by Crippen LogP contribution is -2.14. The Kier molecular flexibility index (Phi) is 1.66. The van der Waals surface area contributed by atoms with Crippen LogP contribution < -0.4 is 5.32 Å². The van der Waals surface area contributed by atoms with Gasteiger partial charge in [-0.15, -0.1) is 0 Å². The number of H-pyrrole nitrogens is 1. The Bertz CT molecular complexity index is 235. The first-order valence-corrected chi connectivity index (χ1v) is 4.11. The van der Waals surface area contributed by atoms with E-state index in [0.717, 1.165) is 6.54 Å². The molecule has 1 unspecified atom stereocenters. The van der Waals surface area contributed by atoms with Crippen molar-refractivity contribution < 1.29 is 0 Å². The van der Waals surface area contributed by atoms with Crippen molar-refractivity contribution in [2.24, 2.45) is 0 Å². The van der Waals surface area contributed by atoms with E-state index < -0.39 is 0 Å². The predicted octanol–water partition coefficient (Wildman–Crippen LogP) is 1.14. The summed E-state index contributed by atoms with van der Waals surface area (Å²) in [5.74, 6) is 0. The van der Waals surface area contributed by atoms with Crippen LogP contribution in [0.1, 0.15) is 30.3 Å². The lowest BCUT2D eigenvalue weighted by Gasteiger charge is -2.06. The number of aryl methyl sites for hydroxylation is 1. The highest BCUT2D eigenvalue weighted by atomic mass is 15.0. The first-order valence-electron chi connectivity index (χ1n) is 4.11. The standard InChI is InChI=1S/C8H13N3/c1-6-8(11-5-10-6)7-3-2-4-9-7/h5,7,9H,2-4H2,1H3,(H,10,11). The van der Waals surface area contributed by atoms with Gasteiger partial charge in [0.05, 0.1) is 18.1 Å². The third-order valence-corrected chi connectivity index (χ3v) is 2.26. The van der Waals surface area contributed by atoms with E-state index in [-0.39, 0.29) is 0 Å². The van der Waals surface area contributed by atoms with Crippen LogP contribution in [0.4, 0.5) is 0 Å². The summed E-state index contributed by atoms with van der Waals surface area (Å²) in [4.78, 5) is 7.37. The molecule has 11 heavy (non-hydrogen) atoms. The van der Waals surface area contributed by atoms with Crippen LogP contribution >= 0.6 is 0 Å². The highest BCUT2D eigenvalue weighted by molar-refractivity contribution is 5.14. The van der Waals surface area contributed by atoms with Gasteiger partial charge in [0.1, 0.15) is 0 Å². The molecule has 0 aromatic carbocycles. The first-order chi connectivity index (χ1) is 5.38. The van der Waals surface area contributed by atoms with Gasteiger partial charge in [-0.05, 0) is 26.3 Å². The second-order valence-electron chi connectivity index (χ2n) is 3.06. The monoisotopic (exact) mass is 151 g/mol. The van der Waals surface area contributed by atoms with Crippen molar-refractivity contribution in [2.75, 3.05) is 6.54 Å². The zero-order valence-corrected chi connectivity index (χ0v) is 6.72. The van der Waals surface area contributed by atoms with Gasteiger partial charge in [0, 0.05) is 5.69 Å². The molecule has 0 aliphatic carbocycles. The number of rotatable bonds is 1. The smallest absolute Gasteiger partial charge is 0.0925 e. The molecule has 0 amide bonds. The fourth-order valence-electron chi connectivity index (χ4n) is 1.64. The van der Waals surface area contributed by atoms with E-state index in [4.69, 9.17) is 0 Å². The van der Waals surface area contributed by atoms with Crippen molar-refractivity contribution in [1.82, 2.24) is 15.3 Å². The Hall–Kier alpha value is -0.830. The minimum atomic E-state index is 0.501. The molecule has 1 saturated heterocycles. The van der Waals surface area contributed by atoms with E-state index in [2.05, 4.69) is 22.2 Å². The molecular weight excluding hydrogens is 138 g/mol. The Labute approximate surface area is 66.2 Å². The Morgan fingerprint density at radius 1 is 1.64 bits per heavy atom. The SMILES string of the molecule is Cc1[nH]cnc1C1CCCN1. The van der Waals surface area contributed by atoms with E-state index in [1.165, 1.54) is 24.2 Å². The quantitative estimate of drug-likeness (QED) is 0.632. The van der Waals surface area contributed by atoms with Crippen LogP contribution in [-0.4, -0.2) is 16.5 Å². The highest BCUT2D eigenvalue weighted by Crippen LogP contribution is 2.22. The molecule has 1 fully saturated rings. The van der Waals surface area contributed by atoms with E-state index in [9.17, 15) is 0 Å². The third-order valence-electron chi connectivity index (χ3n) is 2.26. The maximum absolute atomic E-state index is 4.28. The number of nitrogens with one attached hydrogen (secondary N) is 2. The van der Waals surface area contributed by atoms with E-state index in [1.807, 2.05) is 0 Å². The largest absolute Gasteiger partial charge is 0.348 e. The van der Waals surface area contributed by atoms with Gasteiger partial charge in [0.15, 0.2) is 0 Å². The molecule has 2 N–H and O–H groups in total. The lowest BCUT2D eigenvalue weighted by atomic mass is 10.1. The molecule has 3 nitrogen and oxygen atoms in total. The lowest BCUT2D eigenvalue weighted by molar-refractivity contribution is 0.627. The molecule has 0 radical (unpaired) electrons. The minimum Gasteiger partial charge on any atom is -0.348 e. The molecule has 1 aliphatic rings. The van der Waals surface area contributed by atoms with Crippen LogP contribution in [0.5, 0.6) is 0 Å². The van der Waals surface area contributed by atoms with Gasteiger partial charge in [-0.25, -0.2) is 4.98 Å². The van der Waals surface area contributed by atoms with Crippen LogP contribution in [0.25, 0.3) is 0 Å². The summed E-state index contributed by atoms with van der Waals surface area (Å²) >= 11 is 0. The van der Waals surface area contributed by atoms with E-state index >= 15 is 0 Å². The molecule has 1 aromatic heterocycles. The maximum Gasteiger partial charge on any atom is 0.0925 e. The Morgan fingerprint density at radius 3 is 3.09 bits per heavy atom. The predicted molar refractivity (Wildman–Crippen MR) is 43.3 cm³/mol. The number of hydrogen-bond donors (Lipinski definition) is 2. The van der Waals surface area contributed by atoms with Crippen molar-refractivity contribution in [3.05, 3.63) is 17.7 Å². The van der Waals surface area contributed by atoms with Crippen LogP contribution in [0, 0.1) is 6.92 Å². The second-order valence-corrected chi connectivity index (χ2v) is 3.06. The van der Waals surface area contributed by atoms with Gasteiger partial charge < -0.3 is 10.3 Å². The molecule has 60 valence electrons. The van der Waals surface area contributed by atoms with Crippen LogP contribution in [-0.2, 0) is 0 Å². The van der Waals surface area contributed by atoms with Crippen LogP contribution in [0.15, 0.2) is 6.33 Å². The molecule has 2 heterocycles. The molecule has 1 aromatic rings. The molecule has 0 spiro atoms. The molecule has 2 rings (SSSR count). The van der Waals surface area contributed by atoms with Gasteiger partial charge >= 0.3 is 0 Å². The summed E-state index contributed by atoms with van der Waals surface area (Å²) in [6, 6.07) is 0.501. The topological polar surface area (TPSA) is 40.7 Å². The number of aromatic nitrogens is 2. The number of hydrogen-bond acceptors (Lipinski definition) is 2. The van der Waals surface area contributed by atoms with Crippen molar-refractivity contribution in [2.45, 2.75) is 25.8 Å². The molecule has 0 saturated carbocycles. The van der Waals surface area contributed by atoms with Gasteiger partial charge in [-0.2, -0.15) is 0 Å². The van der Waals surface area contributed by atoms with Gasteiger partial charge in [0.25, 0.3) is 0 Å². The van der Waals surface area contributed by atoms with E-state index in [1.54, 1.807) is 6.33 Å². The van der Waals surface area contributed by atoms with Gasteiger partial charge in [0.2, 0.25) is 0 Å². The molecular formula is C8H13N3. The van der Waals surface area contributed by atoms with Crippen molar-refractivity contribution in [3.63, 3.8) is 0 Å². The van der Waals surface area contributed by atoms with Crippen LogP contribution in [0.3, 0.4) is 0 Å². The van der Waals surface area contributed by atoms with Crippen molar-refractivity contribution >= 4 is 0 Å². The molecule has 1 aliphatic heterocycles. The molecule has 0 bridgehead atoms. The average molecular weight is 151 g/mol. The molecule has 1 atom stereocenters. The zero-order chi connectivity index (χ0) is 7.68. The number of aromatic amines is 1. The summed E-state index contributed by atoms with van der Waals surface area (Å²) in [7, 11) is 0. The van der Waals surface area contributed by atoms with Crippen LogP contribution in [0.2, 0.25) is 0 Å². The normalized spacial score (nSPS) is 24.3. The number of imidazole rings is 1. The summed E-state index contributed by atoms with van der Waals surface area (Å²) in [6.45, 7) is 3.21. The minimum absolute atomic E-state index is 0.501. The molecule has 3 heteroatoms. The summed E-state index contributed by atoms with van der Waals surface area (Å²) in [6.07, 6.45) is 4.27. The summed E-state index contributed by atoms with van der Waals surface area (Å²) < 4.78 is 0. The fraction of sp³-hybridized carbons (Fsp3) is 0.625. The summed E-state index contributed by atoms with van der Waals surface area (Å²) in [5, 5.41) is 3.42. The average Bonchev–Trinajstić information content (AvgIpc) is 2.55. The second kappa shape index (κ2) is 2.66. The van der Waals surface area contributed by atoms with Crippen molar-refractivity contribution in [3.8, 4) is 0 Å².